The second kappa shape index (κ2) is 8.23. The van der Waals surface area contributed by atoms with Gasteiger partial charge in [-0.15, -0.1) is 0 Å². The van der Waals surface area contributed by atoms with Gasteiger partial charge in [-0.3, -0.25) is 4.79 Å². The van der Waals surface area contributed by atoms with Crippen molar-refractivity contribution in [2.75, 3.05) is 11.9 Å². The molecule has 0 aromatic heterocycles. The Morgan fingerprint density at radius 2 is 2.00 bits per heavy atom. The van der Waals surface area contributed by atoms with Crippen LogP contribution in [0.25, 0.3) is 0 Å². The molecule has 0 heterocycles. The molecule has 4 nitrogen and oxygen atoms in total. The third kappa shape index (κ3) is 5.38. The van der Waals surface area contributed by atoms with Crippen LogP contribution in [0, 0.1) is 9.39 Å². The summed E-state index contributed by atoms with van der Waals surface area (Å²) < 4.78 is 14.7. The van der Waals surface area contributed by atoms with Crippen LogP contribution in [0.15, 0.2) is 52.0 Å². The van der Waals surface area contributed by atoms with E-state index >= 15 is 0 Å². The normalized spacial score (nSPS) is 10.7. The number of hydrogen-bond donors (Lipinski definition) is 2. The molecule has 2 N–H and O–H groups in total. The lowest BCUT2D eigenvalue weighted by atomic mass is 10.2. The van der Waals surface area contributed by atoms with Gasteiger partial charge < -0.3 is 5.32 Å². The number of amides is 1. The largest absolute Gasteiger partial charge is 0.375 e. The van der Waals surface area contributed by atoms with Crippen LogP contribution >= 0.6 is 38.5 Å². The Hall–Kier alpha value is -1.48. The Morgan fingerprint density at radius 3 is 2.68 bits per heavy atom. The van der Waals surface area contributed by atoms with E-state index in [0.717, 1.165) is 13.7 Å². The van der Waals surface area contributed by atoms with Gasteiger partial charge in [0.15, 0.2) is 0 Å². The summed E-state index contributed by atoms with van der Waals surface area (Å²) in [6.07, 6.45) is 1.46. The highest BCUT2D eigenvalue weighted by Crippen LogP contribution is 2.24. The minimum Gasteiger partial charge on any atom is -0.375 e. The zero-order valence-corrected chi connectivity index (χ0v) is 15.1. The first kappa shape index (κ1) is 16.9. The van der Waals surface area contributed by atoms with Gasteiger partial charge >= 0.3 is 0 Å². The third-order valence-corrected chi connectivity index (χ3v) is 3.97. The molecule has 1 amide bonds. The van der Waals surface area contributed by atoms with E-state index in [1.807, 2.05) is 18.2 Å². The first-order chi connectivity index (χ1) is 10.5. The molecule has 0 aliphatic heterocycles. The molecule has 0 saturated heterocycles. The van der Waals surface area contributed by atoms with Crippen molar-refractivity contribution < 1.29 is 9.18 Å². The number of nitrogens with zero attached hydrogens (tertiary/aromatic N) is 1. The lowest BCUT2D eigenvalue weighted by Crippen LogP contribution is -2.26. The van der Waals surface area contributed by atoms with Crippen LogP contribution in [0.5, 0.6) is 0 Å². The summed E-state index contributed by atoms with van der Waals surface area (Å²) in [6.45, 7) is 0.0972. The fourth-order valence-electron chi connectivity index (χ4n) is 1.58. The van der Waals surface area contributed by atoms with Crippen molar-refractivity contribution in [2.24, 2.45) is 5.10 Å². The van der Waals surface area contributed by atoms with Crippen molar-refractivity contribution in [3.63, 3.8) is 0 Å². The number of carbonyl (C=O) groups is 1. The molecule has 22 heavy (non-hydrogen) atoms. The standard InChI is InChI=1S/C15H12BrFIN3O/c16-13-7-12(18)5-6-14(13)19-9-15(22)21-20-8-10-1-3-11(17)4-2-10/h1-8,19H,9H2,(H,21,22). The number of rotatable bonds is 5. The molecular formula is C15H12BrFIN3O. The Balaban J connectivity index is 1.81. The summed E-state index contributed by atoms with van der Waals surface area (Å²) >= 11 is 5.64. The first-order valence-electron chi connectivity index (χ1n) is 6.31. The average Bonchev–Trinajstić information content (AvgIpc) is 2.48. The maximum atomic E-state index is 12.7. The van der Waals surface area contributed by atoms with Gasteiger partial charge in [0, 0.05) is 13.7 Å². The van der Waals surface area contributed by atoms with Crippen molar-refractivity contribution in [1.29, 1.82) is 0 Å². The molecule has 0 radical (unpaired) electrons. The topological polar surface area (TPSA) is 53.5 Å². The van der Waals surface area contributed by atoms with Crippen LogP contribution in [-0.2, 0) is 4.79 Å². The van der Waals surface area contributed by atoms with E-state index in [2.05, 4.69) is 54.4 Å². The third-order valence-electron chi connectivity index (χ3n) is 2.64. The summed E-state index contributed by atoms with van der Waals surface area (Å²) in [6, 6.07) is 11.6. The number of carbonyl (C=O) groups excluding carboxylic acids is 1. The van der Waals surface area contributed by atoms with E-state index in [9.17, 15) is 9.18 Å². The molecule has 0 spiro atoms. The van der Waals surface area contributed by atoms with Crippen LogP contribution in [0.1, 0.15) is 5.56 Å². The first-order valence-corrected chi connectivity index (χ1v) is 8.18. The van der Waals surface area contributed by atoms with Crippen LogP contribution in [0.3, 0.4) is 0 Å². The number of benzene rings is 2. The Labute approximate surface area is 149 Å². The maximum absolute atomic E-state index is 12.7. The molecule has 0 aliphatic carbocycles. The Bertz CT molecular complexity index is 692. The van der Waals surface area contributed by atoms with E-state index in [0.29, 0.717) is 5.56 Å². The highest BCUT2D eigenvalue weighted by Gasteiger charge is 2.03. The molecule has 0 bridgehead atoms. The number of hydrazone groups is 1. The van der Waals surface area contributed by atoms with Crippen LogP contribution in [0.4, 0.5) is 10.1 Å². The molecule has 2 aromatic rings. The summed E-state index contributed by atoms with van der Waals surface area (Å²) in [4.78, 5) is 11.7. The quantitative estimate of drug-likeness (QED) is 0.393. The molecule has 0 atom stereocenters. The van der Waals surface area contributed by atoms with Gasteiger partial charge in [-0.25, -0.2) is 9.82 Å². The summed E-state index contributed by atoms with van der Waals surface area (Å²) in [5.74, 6) is -0.586. The molecule has 0 aliphatic rings. The molecule has 0 unspecified atom stereocenters. The second-order valence-electron chi connectivity index (χ2n) is 4.32. The van der Waals surface area contributed by atoms with E-state index < -0.39 is 0 Å². The predicted octanol–water partition coefficient (Wildman–Crippen LogP) is 3.76. The molecule has 7 heteroatoms. The van der Waals surface area contributed by atoms with Gasteiger partial charge in [-0.05, 0) is 74.4 Å². The lowest BCUT2D eigenvalue weighted by molar-refractivity contribution is -0.119. The molecular weight excluding hydrogens is 464 g/mol. The van der Waals surface area contributed by atoms with Crippen LogP contribution < -0.4 is 10.7 Å². The van der Waals surface area contributed by atoms with E-state index in [1.165, 1.54) is 18.3 Å². The predicted molar refractivity (Wildman–Crippen MR) is 97.5 cm³/mol. The van der Waals surface area contributed by atoms with E-state index in [-0.39, 0.29) is 18.3 Å². The molecule has 0 fully saturated rings. The molecule has 2 aromatic carbocycles. The monoisotopic (exact) mass is 475 g/mol. The summed E-state index contributed by atoms with van der Waals surface area (Å²) in [5.41, 5.74) is 3.94. The maximum Gasteiger partial charge on any atom is 0.259 e. The van der Waals surface area contributed by atoms with Crippen molar-refractivity contribution in [2.45, 2.75) is 0 Å². The molecule has 0 saturated carbocycles. The van der Waals surface area contributed by atoms with Gasteiger partial charge in [-0.2, -0.15) is 5.10 Å². The minimum absolute atomic E-state index is 0.0972. The highest BCUT2D eigenvalue weighted by atomic mass is 127. The number of hydrogen-bond acceptors (Lipinski definition) is 3. The Morgan fingerprint density at radius 1 is 1.27 bits per heavy atom. The molecule has 2 rings (SSSR count). The van der Waals surface area contributed by atoms with Crippen LogP contribution in [-0.4, -0.2) is 18.7 Å². The number of nitrogens with one attached hydrogen (secondary N) is 2. The lowest BCUT2D eigenvalue weighted by Gasteiger charge is -2.07. The fraction of sp³-hybridized carbons (Fsp3) is 0.0667. The van der Waals surface area contributed by atoms with Crippen molar-refractivity contribution in [1.82, 2.24) is 5.43 Å². The van der Waals surface area contributed by atoms with Crippen LogP contribution in [0.2, 0.25) is 0 Å². The summed E-state index contributed by atoms with van der Waals surface area (Å²) in [5, 5.41) is 6.83. The number of anilines is 1. The zero-order chi connectivity index (χ0) is 15.9. The van der Waals surface area contributed by atoms with Crippen molar-refractivity contribution in [3.8, 4) is 0 Å². The highest BCUT2D eigenvalue weighted by molar-refractivity contribution is 14.1. The fourth-order valence-corrected chi connectivity index (χ4v) is 3.01. The van der Waals surface area contributed by atoms with Gasteiger partial charge in [-0.1, -0.05) is 12.1 Å². The van der Waals surface area contributed by atoms with Gasteiger partial charge in [0.2, 0.25) is 0 Å². The number of halogens is 3. The van der Waals surface area contributed by atoms with Crippen molar-refractivity contribution >= 4 is 56.3 Å². The zero-order valence-electron chi connectivity index (χ0n) is 11.3. The van der Waals surface area contributed by atoms with Gasteiger partial charge in [0.25, 0.3) is 5.91 Å². The minimum atomic E-state index is -0.312. The van der Waals surface area contributed by atoms with Crippen molar-refractivity contribution in [3.05, 3.63) is 61.9 Å². The summed E-state index contributed by atoms with van der Waals surface area (Å²) in [7, 11) is 0. The second-order valence-corrected chi connectivity index (χ2v) is 6.42. The average molecular weight is 476 g/mol. The van der Waals surface area contributed by atoms with E-state index in [1.54, 1.807) is 12.1 Å². The van der Waals surface area contributed by atoms with Gasteiger partial charge in [0.1, 0.15) is 5.82 Å². The molecule has 114 valence electrons. The van der Waals surface area contributed by atoms with Gasteiger partial charge in [0.05, 0.1) is 12.8 Å². The Kier molecular flexibility index (Phi) is 6.32. The SMILES string of the molecule is O=C(CNc1ccc(I)cc1Br)NN=Cc1ccc(F)cc1. The smallest absolute Gasteiger partial charge is 0.259 e. The van der Waals surface area contributed by atoms with E-state index in [4.69, 9.17) is 0 Å².